The summed E-state index contributed by atoms with van der Waals surface area (Å²) >= 11 is 1.62. The lowest BCUT2D eigenvalue weighted by Gasteiger charge is -2.24. The van der Waals surface area contributed by atoms with Crippen molar-refractivity contribution >= 4 is 23.6 Å². The standard InChI is InChI=1S/C25H22N2O4S/c28-23-15-32-25(27(23)14-17-4-2-1-3-5-17)20-9-7-19(8-10-20)24(29)26-13-18-6-11-21-22(12-18)31-16-30-21/h1-12,25H,13-16H2,(H,26,29)/t25-/m1/s1. The largest absolute Gasteiger partial charge is 0.454 e. The Hall–Kier alpha value is -3.45. The molecule has 0 unspecified atom stereocenters. The second kappa shape index (κ2) is 8.96. The van der Waals surface area contributed by atoms with Gasteiger partial charge in [-0.1, -0.05) is 48.5 Å². The van der Waals surface area contributed by atoms with Crippen molar-refractivity contribution in [3.8, 4) is 11.5 Å². The zero-order valence-electron chi connectivity index (χ0n) is 17.3. The molecule has 0 radical (unpaired) electrons. The Morgan fingerprint density at radius 3 is 2.56 bits per heavy atom. The molecule has 1 N–H and O–H groups in total. The molecule has 0 aromatic heterocycles. The van der Waals surface area contributed by atoms with Crippen molar-refractivity contribution in [2.45, 2.75) is 18.5 Å². The minimum absolute atomic E-state index is 0.0477. The molecule has 1 saturated heterocycles. The third-order valence-electron chi connectivity index (χ3n) is 5.51. The normalized spacial score (nSPS) is 16.9. The molecule has 5 rings (SSSR count). The number of rotatable bonds is 6. The van der Waals surface area contributed by atoms with E-state index >= 15 is 0 Å². The first-order valence-corrected chi connectivity index (χ1v) is 11.4. The lowest BCUT2D eigenvalue weighted by Crippen LogP contribution is -2.27. The van der Waals surface area contributed by atoms with Crippen LogP contribution in [0.2, 0.25) is 0 Å². The Balaban J connectivity index is 1.23. The predicted molar refractivity (Wildman–Crippen MR) is 122 cm³/mol. The van der Waals surface area contributed by atoms with E-state index < -0.39 is 0 Å². The molecule has 2 aliphatic heterocycles. The van der Waals surface area contributed by atoms with E-state index in [1.165, 1.54) is 0 Å². The number of carbonyl (C=O) groups excluding carboxylic acids is 2. The Kier molecular flexibility index (Phi) is 5.73. The molecule has 0 aliphatic carbocycles. The molecular weight excluding hydrogens is 424 g/mol. The van der Waals surface area contributed by atoms with E-state index in [1.54, 1.807) is 11.8 Å². The zero-order valence-corrected chi connectivity index (χ0v) is 18.1. The summed E-state index contributed by atoms with van der Waals surface area (Å²) in [6, 6.07) is 23.1. The van der Waals surface area contributed by atoms with Gasteiger partial charge in [-0.05, 0) is 41.0 Å². The first-order chi connectivity index (χ1) is 15.7. The number of fused-ring (bicyclic) bond motifs is 1. The second-order valence-electron chi connectivity index (χ2n) is 7.66. The van der Waals surface area contributed by atoms with Gasteiger partial charge in [-0.2, -0.15) is 0 Å². The van der Waals surface area contributed by atoms with Crippen LogP contribution in [-0.4, -0.2) is 29.3 Å². The molecule has 2 aliphatic rings. The lowest BCUT2D eigenvalue weighted by molar-refractivity contribution is -0.128. The second-order valence-corrected chi connectivity index (χ2v) is 8.73. The number of ether oxygens (including phenoxy) is 2. The quantitative estimate of drug-likeness (QED) is 0.617. The van der Waals surface area contributed by atoms with E-state index in [0.29, 0.717) is 30.2 Å². The summed E-state index contributed by atoms with van der Waals surface area (Å²) in [4.78, 5) is 27.0. The molecule has 0 bridgehead atoms. The van der Waals surface area contributed by atoms with Gasteiger partial charge in [0.1, 0.15) is 5.37 Å². The SMILES string of the molecule is O=C(NCc1ccc2c(c1)OCO2)c1ccc([C@H]2SCC(=O)N2Cc2ccccc2)cc1. The van der Waals surface area contributed by atoms with E-state index in [1.807, 2.05) is 77.7 Å². The van der Waals surface area contributed by atoms with E-state index in [4.69, 9.17) is 9.47 Å². The molecule has 1 atom stereocenters. The minimum Gasteiger partial charge on any atom is -0.454 e. The molecule has 32 heavy (non-hydrogen) atoms. The summed E-state index contributed by atoms with van der Waals surface area (Å²) in [5, 5.41) is 2.89. The van der Waals surface area contributed by atoms with Gasteiger partial charge in [0, 0.05) is 18.7 Å². The molecule has 0 spiro atoms. The van der Waals surface area contributed by atoms with Crippen LogP contribution in [0.15, 0.2) is 72.8 Å². The third-order valence-corrected chi connectivity index (χ3v) is 6.77. The Labute approximate surface area is 190 Å². The Bertz CT molecular complexity index is 1130. The average molecular weight is 447 g/mol. The maximum Gasteiger partial charge on any atom is 0.251 e. The van der Waals surface area contributed by atoms with Crippen molar-refractivity contribution in [3.63, 3.8) is 0 Å². The van der Waals surface area contributed by atoms with Gasteiger partial charge in [0.05, 0.1) is 5.75 Å². The van der Waals surface area contributed by atoms with Gasteiger partial charge in [0.25, 0.3) is 5.91 Å². The molecule has 2 amide bonds. The van der Waals surface area contributed by atoms with E-state index in [-0.39, 0.29) is 24.0 Å². The number of thioether (sulfide) groups is 1. The van der Waals surface area contributed by atoms with Crippen LogP contribution in [0, 0.1) is 0 Å². The van der Waals surface area contributed by atoms with Crippen molar-refractivity contribution in [3.05, 3.63) is 95.1 Å². The topological polar surface area (TPSA) is 67.9 Å². The highest BCUT2D eigenvalue weighted by Gasteiger charge is 2.32. The van der Waals surface area contributed by atoms with Gasteiger partial charge in [0.15, 0.2) is 11.5 Å². The van der Waals surface area contributed by atoms with Gasteiger partial charge in [-0.3, -0.25) is 9.59 Å². The van der Waals surface area contributed by atoms with Crippen molar-refractivity contribution in [1.29, 1.82) is 0 Å². The number of hydrogen-bond donors (Lipinski definition) is 1. The molecule has 3 aromatic carbocycles. The van der Waals surface area contributed by atoms with Crippen LogP contribution in [0.1, 0.15) is 32.4 Å². The molecule has 2 heterocycles. The van der Waals surface area contributed by atoms with Crippen LogP contribution >= 0.6 is 11.8 Å². The highest BCUT2D eigenvalue weighted by atomic mass is 32.2. The van der Waals surface area contributed by atoms with E-state index in [9.17, 15) is 9.59 Å². The molecule has 0 saturated carbocycles. The third kappa shape index (κ3) is 4.29. The van der Waals surface area contributed by atoms with Crippen LogP contribution in [0.3, 0.4) is 0 Å². The predicted octanol–water partition coefficient (Wildman–Crippen LogP) is 4.12. The number of carbonyl (C=O) groups is 2. The minimum atomic E-state index is -0.148. The van der Waals surface area contributed by atoms with Gasteiger partial charge in [-0.25, -0.2) is 0 Å². The van der Waals surface area contributed by atoms with Crippen LogP contribution in [0.25, 0.3) is 0 Å². The maximum absolute atomic E-state index is 12.6. The van der Waals surface area contributed by atoms with E-state index in [0.717, 1.165) is 22.4 Å². The Morgan fingerprint density at radius 1 is 0.969 bits per heavy atom. The van der Waals surface area contributed by atoms with Crippen LogP contribution < -0.4 is 14.8 Å². The highest BCUT2D eigenvalue weighted by molar-refractivity contribution is 8.00. The Morgan fingerprint density at radius 2 is 1.75 bits per heavy atom. The molecule has 3 aromatic rings. The van der Waals surface area contributed by atoms with E-state index in [2.05, 4.69) is 5.32 Å². The fourth-order valence-electron chi connectivity index (χ4n) is 3.82. The number of nitrogens with one attached hydrogen (secondary N) is 1. The van der Waals surface area contributed by atoms with Crippen molar-refractivity contribution < 1.29 is 19.1 Å². The number of nitrogens with zero attached hydrogens (tertiary/aromatic N) is 1. The number of hydrogen-bond acceptors (Lipinski definition) is 5. The number of amides is 2. The molecule has 1 fully saturated rings. The summed E-state index contributed by atoms with van der Waals surface area (Å²) in [6.45, 7) is 1.20. The van der Waals surface area contributed by atoms with Gasteiger partial charge in [-0.15, -0.1) is 11.8 Å². The van der Waals surface area contributed by atoms with Crippen LogP contribution in [0.4, 0.5) is 0 Å². The summed E-state index contributed by atoms with van der Waals surface area (Å²) < 4.78 is 10.7. The first-order valence-electron chi connectivity index (χ1n) is 10.4. The van der Waals surface area contributed by atoms with Crippen LogP contribution in [-0.2, 0) is 17.9 Å². The number of benzene rings is 3. The fourth-order valence-corrected chi connectivity index (χ4v) is 5.00. The summed E-state index contributed by atoms with van der Waals surface area (Å²) in [7, 11) is 0. The summed E-state index contributed by atoms with van der Waals surface area (Å²) in [5.41, 5.74) is 3.65. The molecule has 7 heteroatoms. The zero-order chi connectivity index (χ0) is 21.9. The smallest absolute Gasteiger partial charge is 0.251 e. The molecular formula is C25H22N2O4S. The first kappa shape index (κ1) is 20.5. The average Bonchev–Trinajstić information content (AvgIpc) is 3.44. The lowest BCUT2D eigenvalue weighted by atomic mass is 10.1. The van der Waals surface area contributed by atoms with Gasteiger partial charge >= 0.3 is 0 Å². The van der Waals surface area contributed by atoms with Gasteiger partial charge < -0.3 is 19.7 Å². The molecule has 6 nitrogen and oxygen atoms in total. The highest BCUT2D eigenvalue weighted by Crippen LogP contribution is 2.39. The maximum atomic E-state index is 12.6. The van der Waals surface area contributed by atoms with Crippen molar-refractivity contribution in [2.75, 3.05) is 12.5 Å². The summed E-state index contributed by atoms with van der Waals surface area (Å²) in [5.74, 6) is 1.87. The monoisotopic (exact) mass is 446 g/mol. The van der Waals surface area contributed by atoms with Crippen molar-refractivity contribution in [1.82, 2.24) is 10.2 Å². The summed E-state index contributed by atoms with van der Waals surface area (Å²) in [6.07, 6.45) is 0. The fraction of sp³-hybridized carbons (Fsp3) is 0.200. The van der Waals surface area contributed by atoms with Gasteiger partial charge in [0.2, 0.25) is 12.7 Å². The van der Waals surface area contributed by atoms with Crippen LogP contribution in [0.5, 0.6) is 11.5 Å². The molecule has 162 valence electrons. The van der Waals surface area contributed by atoms with Crippen molar-refractivity contribution in [2.24, 2.45) is 0 Å².